The number of rotatable bonds is 3. The topological polar surface area (TPSA) is 69.6 Å². The number of nitrogens with one attached hydrogen (secondary N) is 1. The zero-order valence-corrected chi connectivity index (χ0v) is 7.53. The molecule has 0 saturated heterocycles. The van der Waals surface area contributed by atoms with Crippen LogP contribution in [-0.4, -0.2) is 16.1 Å². The van der Waals surface area contributed by atoms with Crippen molar-refractivity contribution in [2.75, 3.05) is 0 Å². The highest BCUT2D eigenvalue weighted by molar-refractivity contribution is 5.86. The standard InChI is InChI=1S/C10H11NO3/c1-2-9(13)11-6-7-4-3-5-8(12)10(7)14/h2-5,12,14H,1,6H2,(H,11,13). The molecule has 0 saturated carbocycles. The van der Waals surface area contributed by atoms with Gasteiger partial charge in [-0.2, -0.15) is 0 Å². The summed E-state index contributed by atoms with van der Waals surface area (Å²) in [5, 5.41) is 21.0. The van der Waals surface area contributed by atoms with Crippen molar-refractivity contribution in [2.24, 2.45) is 0 Å². The first-order valence-corrected chi connectivity index (χ1v) is 4.05. The number of benzene rings is 1. The Morgan fingerprint density at radius 2 is 2.21 bits per heavy atom. The summed E-state index contributed by atoms with van der Waals surface area (Å²) in [6, 6.07) is 4.57. The first-order valence-electron chi connectivity index (χ1n) is 4.05. The van der Waals surface area contributed by atoms with Crippen LogP contribution in [0, 0.1) is 0 Å². The predicted octanol–water partition coefficient (Wildman–Crippen LogP) is 0.900. The molecular weight excluding hydrogens is 182 g/mol. The molecule has 1 amide bonds. The molecule has 0 spiro atoms. The van der Waals surface area contributed by atoms with Gasteiger partial charge in [0.25, 0.3) is 0 Å². The van der Waals surface area contributed by atoms with Gasteiger partial charge in [0, 0.05) is 12.1 Å². The lowest BCUT2D eigenvalue weighted by atomic mass is 10.2. The summed E-state index contributed by atoms with van der Waals surface area (Å²) in [7, 11) is 0. The number of hydrogen-bond donors (Lipinski definition) is 3. The van der Waals surface area contributed by atoms with Crippen molar-refractivity contribution in [3.8, 4) is 11.5 Å². The summed E-state index contributed by atoms with van der Waals surface area (Å²) in [5.74, 6) is -0.736. The molecule has 4 heteroatoms. The maximum atomic E-state index is 10.8. The van der Waals surface area contributed by atoms with Crippen molar-refractivity contribution in [2.45, 2.75) is 6.54 Å². The summed E-state index contributed by atoms with van der Waals surface area (Å²) in [6.45, 7) is 3.45. The molecule has 0 unspecified atom stereocenters. The van der Waals surface area contributed by atoms with E-state index in [4.69, 9.17) is 5.11 Å². The van der Waals surface area contributed by atoms with Gasteiger partial charge >= 0.3 is 0 Å². The maximum Gasteiger partial charge on any atom is 0.243 e. The van der Waals surface area contributed by atoms with Crippen LogP contribution in [0.3, 0.4) is 0 Å². The SMILES string of the molecule is C=CC(=O)NCc1cccc(O)c1O. The average Bonchev–Trinajstić information content (AvgIpc) is 2.20. The van der Waals surface area contributed by atoms with Gasteiger partial charge in [-0.15, -0.1) is 0 Å². The minimum atomic E-state index is -0.326. The maximum absolute atomic E-state index is 10.8. The number of aromatic hydroxyl groups is 2. The molecule has 1 aromatic carbocycles. The summed E-state index contributed by atoms with van der Waals surface area (Å²) < 4.78 is 0. The van der Waals surface area contributed by atoms with Gasteiger partial charge in [0.15, 0.2) is 11.5 Å². The van der Waals surface area contributed by atoms with Crippen molar-refractivity contribution in [3.63, 3.8) is 0 Å². The first kappa shape index (κ1) is 10.1. The van der Waals surface area contributed by atoms with Crippen LogP contribution in [0.1, 0.15) is 5.56 Å². The van der Waals surface area contributed by atoms with Gasteiger partial charge in [-0.25, -0.2) is 0 Å². The molecule has 0 radical (unpaired) electrons. The van der Waals surface area contributed by atoms with Crippen LogP contribution < -0.4 is 5.32 Å². The first-order chi connectivity index (χ1) is 6.65. The highest BCUT2D eigenvalue weighted by Crippen LogP contribution is 2.27. The molecule has 0 fully saturated rings. The van der Waals surface area contributed by atoms with E-state index in [1.807, 2.05) is 0 Å². The third-order valence-electron chi connectivity index (χ3n) is 1.74. The lowest BCUT2D eigenvalue weighted by Gasteiger charge is -2.05. The van der Waals surface area contributed by atoms with Crippen LogP contribution in [0.5, 0.6) is 11.5 Å². The lowest BCUT2D eigenvalue weighted by molar-refractivity contribution is -0.116. The summed E-state index contributed by atoms with van der Waals surface area (Å²) in [4.78, 5) is 10.8. The zero-order valence-electron chi connectivity index (χ0n) is 7.53. The van der Waals surface area contributed by atoms with Crippen molar-refractivity contribution in [3.05, 3.63) is 36.4 Å². The second kappa shape index (κ2) is 4.32. The zero-order chi connectivity index (χ0) is 10.6. The number of phenolic OH excluding ortho intramolecular Hbond substituents is 2. The minimum Gasteiger partial charge on any atom is -0.504 e. The van der Waals surface area contributed by atoms with Crippen LogP contribution in [0.2, 0.25) is 0 Å². The largest absolute Gasteiger partial charge is 0.504 e. The lowest BCUT2D eigenvalue weighted by Crippen LogP contribution is -2.19. The average molecular weight is 193 g/mol. The van der Waals surface area contributed by atoms with E-state index in [0.29, 0.717) is 5.56 Å². The minimum absolute atomic E-state index is 0.158. The van der Waals surface area contributed by atoms with Gasteiger partial charge in [0.2, 0.25) is 5.91 Å². The van der Waals surface area contributed by atoms with E-state index in [9.17, 15) is 9.90 Å². The Hall–Kier alpha value is -1.97. The van der Waals surface area contributed by atoms with Crippen molar-refractivity contribution in [1.82, 2.24) is 5.32 Å². The second-order valence-corrected chi connectivity index (χ2v) is 2.71. The van der Waals surface area contributed by atoms with Gasteiger partial charge in [0.05, 0.1) is 0 Å². The second-order valence-electron chi connectivity index (χ2n) is 2.71. The quantitative estimate of drug-likeness (QED) is 0.493. The van der Waals surface area contributed by atoms with E-state index in [0.717, 1.165) is 6.08 Å². The molecule has 74 valence electrons. The highest BCUT2D eigenvalue weighted by atomic mass is 16.3. The molecule has 0 aromatic heterocycles. The molecule has 3 N–H and O–H groups in total. The Labute approximate surface area is 81.5 Å². The third kappa shape index (κ3) is 2.26. The molecule has 1 rings (SSSR count). The number of amides is 1. The van der Waals surface area contributed by atoms with Crippen LogP contribution >= 0.6 is 0 Å². The smallest absolute Gasteiger partial charge is 0.243 e. The molecule has 14 heavy (non-hydrogen) atoms. The molecule has 0 atom stereocenters. The van der Waals surface area contributed by atoms with Crippen LogP contribution in [-0.2, 0) is 11.3 Å². The van der Waals surface area contributed by atoms with Crippen LogP contribution in [0.15, 0.2) is 30.9 Å². The van der Waals surface area contributed by atoms with Crippen LogP contribution in [0.25, 0.3) is 0 Å². The fourth-order valence-electron chi connectivity index (χ4n) is 0.975. The van der Waals surface area contributed by atoms with Gasteiger partial charge in [-0.05, 0) is 12.1 Å². The van der Waals surface area contributed by atoms with E-state index < -0.39 is 0 Å². The molecule has 4 nitrogen and oxygen atoms in total. The number of para-hydroxylation sites is 1. The molecule has 0 heterocycles. The number of carbonyl (C=O) groups excluding carboxylic acids is 1. The monoisotopic (exact) mass is 193 g/mol. The Kier molecular flexibility index (Phi) is 3.12. The molecule has 0 bridgehead atoms. The number of phenols is 2. The van der Waals surface area contributed by atoms with Gasteiger partial charge in [-0.3, -0.25) is 4.79 Å². The fourth-order valence-corrected chi connectivity index (χ4v) is 0.975. The highest BCUT2D eigenvalue weighted by Gasteiger charge is 2.05. The summed E-state index contributed by atoms with van der Waals surface area (Å²) >= 11 is 0. The van der Waals surface area contributed by atoms with Crippen molar-refractivity contribution < 1.29 is 15.0 Å². The van der Waals surface area contributed by atoms with E-state index in [-0.39, 0.29) is 24.0 Å². The Morgan fingerprint density at radius 3 is 2.86 bits per heavy atom. The molecule has 0 aliphatic carbocycles. The van der Waals surface area contributed by atoms with E-state index in [2.05, 4.69) is 11.9 Å². The molecule has 1 aromatic rings. The van der Waals surface area contributed by atoms with Crippen molar-refractivity contribution >= 4 is 5.91 Å². The Bertz CT molecular complexity index is 360. The van der Waals surface area contributed by atoms with Crippen LogP contribution in [0.4, 0.5) is 0 Å². The number of hydrogen-bond acceptors (Lipinski definition) is 3. The summed E-state index contributed by atoms with van der Waals surface area (Å²) in [5.41, 5.74) is 0.459. The molecule has 0 aliphatic heterocycles. The normalized spacial score (nSPS) is 9.43. The predicted molar refractivity (Wildman–Crippen MR) is 51.8 cm³/mol. The van der Waals surface area contributed by atoms with E-state index in [1.54, 1.807) is 12.1 Å². The van der Waals surface area contributed by atoms with Gasteiger partial charge in [0.1, 0.15) is 0 Å². The number of carbonyl (C=O) groups is 1. The summed E-state index contributed by atoms with van der Waals surface area (Å²) in [6.07, 6.45) is 1.14. The molecule has 0 aliphatic rings. The van der Waals surface area contributed by atoms with Crippen molar-refractivity contribution in [1.29, 1.82) is 0 Å². The Balaban J connectivity index is 2.72. The van der Waals surface area contributed by atoms with Gasteiger partial charge < -0.3 is 15.5 Å². The third-order valence-corrected chi connectivity index (χ3v) is 1.74. The fraction of sp³-hybridized carbons (Fsp3) is 0.100. The van der Waals surface area contributed by atoms with E-state index >= 15 is 0 Å². The molecular formula is C10H11NO3. The van der Waals surface area contributed by atoms with E-state index in [1.165, 1.54) is 6.07 Å². The van der Waals surface area contributed by atoms with Gasteiger partial charge in [-0.1, -0.05) is 18.7 Å². The Morgan fingerprint density at radius 1 is 1.50 bits per heavy atom.